The quantitative estimate of drug-likeness (QED) is 0.276. The van der Waals surface area contributed by atoms with Crippen LogP contribution in [0.3, 0.4) is 0 Å². The summed E-state index contributed by atoms with van der Waals surface area (Å²) in [6.07, 6.45) is -0.0694. The molecule has 0 fully saturated rings. The van der Waals surface area contributed by atoms with Gasteiger partial charge in [0.25, 0.3) is 0 Å². The van der Waals surface area contributed by atoms with E-state index in [9.17, 15) is 24.0 Å². The summed E-state index contributed by atoms with van der Waals surface area (Å²) in [5, 5.41) is 22.4. The third kappa shape index (κ3) is 13.2. The number of esters is 1. The minimum Gasteiger partial charge on any atom is -0.481 e. The molecule has 35 heavy (non-hydrogen) atoms. The molecule has 0 saturated carbocycles. The fourth-order valence-electron chi connectivity index (χ4n) is 2.80. The standard InChI is InChI=1S/C15H23NO8S.C10H8/c1-9(8-25-5-3-4-13(19)20)15(23)16-11(6-14(21)22)12(18)7-24-10(2)17;1-2-6-10-8-4-3-7-9(10)5-1/h9,11H,3-8H2,1-2H3,(H,16,23)(H,19,20)(H,21,22);1-8H. The molecular weight excluding hydrogens is 474 g/mol. The highest BCUT2D eigenvalue weighted by Gasteiger charge is 2.26. The largest absolute Gasteiger partial charge is 0.481 e. The van der Waals surface area contributed by atoms with E-state index in [-0.39, 0.29) is 6.42 Å². The van der Waals surface area contributed by atoms with Gasteiger partial charge in [-0.3, -0.25) is 24.0 Å². The Bertz CT molecular complexity index is 944. The van der Waals surface area contributed by atoms with Gasteiger partial charge in [-0.05, 0) is 22.9 Å². The summed E-state index contributed by atoms with van der Waals surface area (Å²) in [6.45, 7) is 2.13. The van der Waals surface area contributed by atoms with Crippen LogP contribution in [0.15, 0.2) is 48.5 Å². The average Bonchev–Trinajstić information content (AvgIpc) is 2.81. The smallest absolute Gasteiger partial charge is 0.305 e. The number of carbonyl (C=O) groups excluding carboxylic acids is 3. The van der Waals surface area contributed by atoms with Crippen LogP contribution in [0, 0.1) is 5.92 Å². The van der Waals surface area contributed by atoms with Crippen molar-refractivity contribution in [2.45, 2.75) is 39.2 Å². The number of amides is 1. The molecule has 2 aromatic rings. The molecule has 0 saturated heterocycles. The Morgan fingerprint density at radius 2 is 1.49 bits per heavy atom. The molecule has 0 heterocycles. The maximum atomic E-state index is 12.1. The van der Waals surface area contributed by atoms with E-state index in [0.29, 0.717) is 17.9 Å². The Labute approximate surface area is 208 Å². The summed E-state index contributed by atoms with van der Waals surface area (Å²) < 4.78 is 4.53. The van der Waals surface area contributed by atoms with Crippen LogP contribution in [0.25, 0.3) is 10.8 Å². The first-order chi connectivity index (χ1) is 16.6. The van der Waals surface area contributed by atoms with E-state index in [1.54, 1.807) is 6.92 Å². The second-order valence-electron chi connectivity index (χ2n) is 7.73. The van der Waals surface area contributed by atoms with E-state index < -0.39 is 54.6 Å². The normalized spacial score (nSPS) is 11.9. The van der Waals surface area contributed by atoms with Gasteiger partial charge in [0.15, 0.2) is 12.4 Å². The van der Waals surface area contributed by atoms with Crippen LogP contribution >= 0.6 is 11.8 Å². The number of rotatable bonds is 13. The zero-order chi connectivity index (χ0) is 26.2. The van der Waals surface area contributed by atoms with Gasteiger partial charge in [-0.15, -0.1) is 0 Å². The summed E-state index contributed by atoms with van der Waals surface area (Å²) in [4.78, 5) is 55.9. The molecule has 0 radical (unpaired) electrons. The third-order valence-corrected chi connectivity index (χ3v) is 5.97. The zero-order valence-corrected chi connectivity index (χ0v) is 20.6. The summed E-state index contributed by atoms with van der Waals surface area (Å²) in [7, 11) is 0. The van der Waals surface area contributed by atoms with Crippen molar-refractivity contribution in [2.24, 2.45) is 5.92 Å². The lowest BCUT2D eigenvalue weighted by Gasteiger charge is -2.18. The fraction of sp³-hybridized carbons (Fsp3) is 0.400. The number of aliphatic carboxylic acids is 2. The van der Waals surface area contributed by atoms with Gasteiger partial charge in [-0.1, -0.05) is 55.5 Å². The van der Waals surface area contributed by atoms with Crippen molar-refractivity contribution in [3.8, 4) is 0 Å². The van der Waals surface area contributed by atoms with E-state index >= 15 is 0 Å². The van der Waals surface area contributed by atoms with Crippen LogP contribution in [0.2, 0.25) is 0 Å². The van der Waals surface area contributed by atoms with Crippen molar-refractivity contribution >= 4 is 52.1 Å². The first-order valence-corrected chi connectivity index (χ1v) is 12.2. The van der Waals surface area contributed by atoms with Crippen LogP contribution in [-0.2, 0) is 28.7 Å². The molecule has 0 aliphatic rings. The molecule has 2 aromatic carbocycles. The second-order valence-corrected chi connectivity index (χ2v) is 8.88. The Hall–Kier alpha value is -3.40. The number of fused-ring (bicyclic) bond motifs is 1. The highest BCUT2D eigenvalue weighted by Crippen LogP contribution is 2.12. The van der Waals surface area contributed by atoms with Crippen LogP contribution in [-0.4, -0.2) is 64.0 Å². The zero-order valence-electron chi connectivity index (χ0n) is 19.8. The van der Waals surface area contributed by atoms with Crippen LogP contribution in [0.4, 0.5) is 0 Å². The molecule has 9 nitrogen and oxygen atoms in total. The maximum Gasteiger partial charge on any atom is 0.305 e. The van der Waals surface area contributed by atoms with Crippen molar-refractivity contribution in [3.05, 3.63) is 48.5 Å². The number of benzene rings is 2. The lowest BCUT2D eigenvalue weighted by atomic mass is 10.1. The third-order valence-electron chi connectivity index (χ3n) is 4.66. The fourth-order valence-corrected chi connectivity index (χ4v) is 3.82. The number of ketones is 1. The number of thioether (sulfide) groups is 1. The highest BCUT2D eigenvalue weighted by molar-refractivity contribution is 7.99. The topological polar surface area (TPSA) is 147 Å². The van der Waals surface area contributed by atoms with Crippen molar-refractivity contribution in [2.75, 3.05) is 18.1 Å². The molecule has 0 aliphatic carbocycles. The van der Waals surface area contributed by atoms with Crippen LogP contribution in [0.5, 0.6) is 0 Å². The minimum absolute atomic E-state index is 0.0545. The SMILES string of the molecule is CC(=O)OCC(=O)C(CC(=O)O)NC(=O)C(C)CSCCCC(=O)O.c1ccc2ccccc2c1. The molecule has 0 spiro atoms. The minimum atomic E-state index is -1.27. The highest BCUT2D eigenvalue weighted by atomic mass is 32.2. The molecule has 3 N–H and O–H groups in total. The van der Waals surface area contributed by atoms with Crippen LogP contribution in [0.1, 0.15) is 33.1 Å². The summed E-state index contributed by atoms with van der Waals surface area (Å²) >= 11 is 1.40. The lowest BCUT2D eigenvalue weighted by Crippen LogP contribution is -2.46. The number of nitrogens with one attached hydrogen (secondary N) is 1. The predicted octanol–water partition coefficient (Wildman–Crippen LogP) is 3.15. The van der Waals surface area contributed by atoms with Crippen molar-refractivity contribution in [1.29, 1.82) is 0 Å². The Morgan fingerprint density at radius 1 is 0.943 bits per heavy atom. The van der Waals surface area contributed by atoms with E-state index in [2.05, 4.69) is 58.6 Å². The number of hydrogen-bond donors (Lipinski definition) is 3. The van der Waals surface area contributed by atoms with Gasteiger partial charge in [0.1, 0.15) is 6.04 Å². The van der Waals surface area contributed by atoms with E-state index in [1.807, 2.05) is 0 Å². The maximum absolute atomic E-state index is 12.1. The van der Waals surface area contributed by atoms with E-state index in [1.165, 1.54) is 22.5 Å². The Morgan fingerprint density at radius 3 is 1.94 bits per heavy atom. The first-order valence-electron chi connectivity index (χ1n) is 11.0. The van der Waals surface area contributed by atoms with Gasteiger partial charge in [0.2, 0.25) is 5.91 Å². The Kier molecular flexibility index (Phi) is 13.8. The molecule has 2 rings (SSSR count). The molecule has 10 heteroatoms. The van der Waals surface area contributed by atoms with Crippen molar-refractivity contribution < 1.29 is 38.9 Å². The summed E-state index contributed by atoms with van der Waals surface area (Å²) in [5.74, 6) is -3.53. The lowest BCUT2D eigenvalue weighted by molar-refractivity contribution is -0.147. The van der Waals surface area contributed by atoms with Crippen molar-refractivity contribution in [3.63, 3.8) is 0 Å². The van der Waals surface area contributed by atoms with Crippen LogP contribution < -0.4 is 5.32 Å². The number of ether oxygens (including phenoxy) is 1. The van der Waals surface area contributed by atoms with Gasteiger partial charge < -0.3 is 20.3 Å². The van der Waals surface area contributed by atoms with Gasteiger partial charge in [-0.2, -0.15) is 11.8 Å². The monoisotopic (exact) mass is 505 g/mol. The summed E-state index contributed by atoms with van der Waals surface area (Å²) in [5.41, 5.74) is 0. The number of Topliss-reactive ketones (excluding diaryl/α,β-unsaturated/α-hetero) is 1. The van der Waals surface area contributed by atoms with Gasteiger partial charge in [0.05, 0.1) is 6.42 Å². The Balaban J connectivity index is 0.000000497. The average molecular weight is 506 g/mol. The van der Waals surface area contributed by atoms with Gasteiger partial charge in [0, 0.05) is 25.0 Å². The molecule has 0 bridgehead atoms. The molecule has 2 atom stereocenters. The van der Waals surface area contributed by atoms with Gasteiger partial charge in [-0.25, -0.2) is 0 Å². The van der Waals surface area contributed by atoms with E-state index in [0.717, 1.165) is 6.92 Å². The molecule has 0 aliphatic heterocycles. The van der Waals surface area contributed by atoms with Gasteiger partial charge >= 0.3 is 17.9 Å². The number of carboxylic acid groups (broad SMARTS) is 2. The molecular formula is C25H31NO8S. The number of carbonyl (C=O) groups is 5. The second kappa shape index (κ2) is 16.3. The number of carboxylic acids is 2. The molecule has 2 unspecified atom stereocenters. The van der Waals surface area contributed by atoms with E-state index in [4.69, 9.17) is 10.2 Å². The molecule has 190 valence electrons. The first kappa shape index (κ1) is 29.6. The summed E-state index contributed by atoms with van der Waals surface area (Å²) in [6, 6.07) is 15.4. The predicted molar refractivity (Wildman–Crippen MR) is 133 cm³/mol. The molecule has 0 aromatic heterocycles. The van der Waals surface area contributed by atoms with Crippen molar-refractivity contribution in [1.82, 2.24) is 5.32 Å². The number of hydrogen-bond acceptors (Lipinski definition) is 7. The molecule has 1 amide bonds.